The second-order valence-electron chi connectivity index (χ2n) is 2.97. The molecule has 4 nitrogen and oxygen atoms in total. The summed E-state index contributed by atoms with van der Waals surface area (Å²) in [6.45, 7) is -3.94. The molecule has 1 atom stereocenters. The zero-order valence-corrected chi connectivity index (χ0v) is 7.72. The van der Waals surface area contributed by atoms with Crippen LogP contribution in [0.3, 0.4) is 0 Å². The maximum atomic E-state index is 12.6. The highest BCUT2D eigenvalue weighted by atomic mass is 19.3. The van der Waals surface area contributed by atoms with Gasteiger partial charge in [-0.3, -0.25) is 0 Å². The lowest BCUT2D eigenvalue weighted by Gasteiger charge is -2.24. The summed E-state index contributed by atoms with van der Waals surface area (Å²) < 4.78 is 73.3. The van der Waals surface area contributed by atoms with Crippen LogP contribution in [-0.2, 0) is 14.2 Å². The zero-order chi connectivity index (χ0) is 12.4. The molecule has 0 amide bonds. The highest BCUT2D eigenvalue weighted by Crippen LogP contribution is 2.35. The molecule has 0 aromatic rings. The van der Waals surface area contributed by atoms with Crippen LogP contribution in [0.4, 0.5) is 26.7 Å². The largest absolute Gasteiger partial charge is 0.508 e. The van der Waals surface area contributed by atoms with Gasteiger partial charge in [0.05, 0.1) is 6.61 Å². The van der Waals surface area contributed by atoms with Crippen LogP contribution in [0.15, 0.2) is 0 Å². The van der Waals surface area contributed by atoms with Crippen molar-refractivity contribution in [1.82, 2.24) is 0 Å². The van der Waals surface area contributed by atoms with E-state index in [9.17, 15) is 26.7 Å². The van der Waals surface area contributed by atoms with E-state index in [2.05, 4.69) is 14.2 Å². The predicted molar refractivity (Wildman–Crippen MR) is 38.0 cm³/mol. The summed E-state index contributed by atoms with van der Waals surface area (Å²) >= 11 is 0. The maximum Gasteiger partial charge on any atom is 0.508 e. The lowest BCUT2D eigenvalue weighted by molar-refractivity contribution is -0.353. The van der Waals surface area contributed by atoms with Gasteiger partial charge in [0.2, 0.25) is 0 Å². The van der Waals surface area contributed by atoms with Crippen LogP contribution in [-0.4, -0.2) is 44.2 Å². The van der Waals surface area contributed by atoms with E-state index < -0.39 is 37.6 Å². The van der Waals surface area contributed by atoms with E-state index >= 15 is 0 Å². The highest BCUT2D eigenvalue weighted by molar-refractivity contribution is 5.61. The van der Waals surface area contributed by atoms with Crippen LogP contribution >= 0.6 is 0 Å². The first-order valence-corrected chi connectivity index (χ1v) is 4.07. The molecule has 0 radical (unpaired) electrons. The summed E-state index contributed by atoms with van der Waals surface area (Å²) in [4.78, 5) is 10.3. The van der Waals surface area contributed by atoms with Crippen LogP contribution < -0.4 is 0 Å². The van der Waals surface area contributed by atoms with Crippen LogP contribution in [0.1, 0.15) is 0 Å². The van der Waals surface area contributed by atoms with Crippen molar-refractivity contribution in [2.24, 2.45) is 0 Å². The summed E-state index contributed by atoms with van der Waals surface area (Å²) in [7, 11) is 0. The molecule has 0 saturated carbocycles. The van der Waals surface area contributed by atoms with Gasteiger partial charge in [0.15, 0.2) is 12.8 Å². The van der Waals surface area contributed by atoms with Gasteiger partial charge >= 0.3 is 18.2 Å². The maximum absolute atomic E-state index is 12.6. The number of cyclic esters (lactones) is 2. The molecule has 1 rings (SSSR count). The van der Waals surface area contributed by atoms with Crippen LogP contribution in [0.2, 0.25) is 0 Å². The minimum atomic E-state index is -4.96. The van der Waals surface area contributed by atoms with E-state index in [1.165, 1.54) is 0 Å². The fourth-order valence-corrected chi connectivity index (χ4v) is 0.828. The fraction of sp³-hybridized carbons (Fsp3) is 0.857. The summed E-state index contributed by atoms with van der Waals surface area (Å²) in [5, 5.41) is 0. The second-order valence-corrected chi connectivity index (χ2v) is 2.97. The minimum Gasteiger partial charge on any atom is -0.430 e. The Hall–Kier alpha value is -1.12. The number of carbonyl (C=O) groups excluding carboxylic acids is 1. The first-order chi connectivity index (χ1) is 7.28. The van der Waals surface area contributed by atoms with Crippen molar-refractivity contribution >= 4 is 6.16 Å². The van der Waals surface area contributed by atoms with Gasteiger partial charge in [-0.2, -0.15) is 17.6 Å². The smallest absolute Gasteiger partial charge is 0.430 e. The quantitative estimate of drug-likeness (QED) is 0.550. The third-order valence-corrected chi connectivity index (χ3v) is 1.69. The average Bonchev–Trinajstić information content (AvgIpc) is 2.61. The third-order valence-electron chi connectivity index (χ3n) is 1.69. The number of halogens is 5. The first-order valence-electron chi connectivity index (χ1n) is 4.07. The Morgan fingerprint density at radius 2 is 2.00 bits per heavy atom. The van der Waals surface area contributed by atoms with E-state index in [1.807, 2.05) is 0 Å². The number of alkyl halides is 5. The second kappa shape index (κ2) is 4.40. The minimum absolute atomic E-state index is 0.379. The van der Waals surface area contributed by atoms with Gasteiger partial charge in [-0.25, -0.2) is 9.18 Å². The summed E-state index contributed by atoms with van der Waals surface area (Å²) in [5.74, 6) is -4.92. The number of rotatable bonds is 5. The molecule has 9 heteroatoms. The normalized spacial score (nSPS) is 21.8. The molecule has 0 aromatic heterocycles. The van der Waals surface area contributed by atoms with Crippen molar-refractivity contribution in [3.8, 4) is 0 Å². The van der Waals surface area contributed by atoms with E-state index in [0.717, 1.165) is 0 Å². The Morgan fingerprint density at radius 3 is 2.44 bits per heavy atom. The SMILES string of the molecule is O=C1OCC(COC(F)(F)C(F)(F)CF)O1. The predicted octanol–water partition coefficient (Wildman–Crippen LogP) is 1.74. The van der Waals surface area contributed by atoms with Crippen LogP contribution in [0.25, 0.3) is 0 Å². The Labute approximate surface area is 86.3 Å². The van der Waals surface area contributed by atoms with E-state index in [4.69, 9.17) is 0 Å². The molecular formula is C7H7F5O4. The monoisotopic (exact) mass is 250 g/mol. The highest BCUT2D eigenvalue weighted by Gasteiger charge is 2.58. The van der Waals surface area contributed by atoms with Crippen molar-refractivity contribution in [3.05, 3.63) is 0 Å². The van der Waals surface area contributed by atoms with Crippen molar-refractivity contribution in [2.45, 2.75) is 18.1 Å². The average molecular weight is 250 g/mol. The molecule has 1 fully saturated rings. The Bertz CT molecular complexity index is 270. The summed E-state index contributed by atoms with van der Waals surface area (Å²) in [6, 6.07) is 0. The van der Waals surface area contributed by atoms with Crippen LogP contribution in [0, 0.1) is 0 Å². The lowest BCUT2D eigenvalue weighted by atomic mass is 10.3. The number of carbonyl (C=O) groups is 1. The molecule has 1 unspecified atom stereocenters. The van der Waals surface area contributed by atoms with Crippen molar-refractivity contribution in [2.75, 3.05) is 19.9 Å². The van der Waals surface area contributed by atoms with Gasteiger partial charge in [-0.1, -0.05) is 0 Å². The molecule has 94 valence electrons. The number of hydrogen-bond acceptors (Lipinski definition) is 4. The first kappa shape index (κ1) is 12.9. The van der Waals surface area contributed by atoms with Gasteiger partial charge in [0.25, 0.3) is 0 Å². The van der Waals surface area contributed by atoms with Gasteiger partial charge in [0.1, 0.15) is 6.61 Å². The fourth-order valence-electron chi connectivity index (χ4n) is 0.828. The van der Waals surface area contributed by atoms with Gasteiger partial charge < -0.3 is 14.2 Å². The number of ether oxygens (including phenoxy) is 3. The Kier molecular flexibility index (Phi) is 3.56. The molecule has 0 spiro atoms. The molecule has 1 aliphatic rings. The molecule has 0 bridgehead atoms. The molecule has 1 saturated heterocycles. The lowest BCUT2D eigenvalue weighted by Crippen LogP contribution is -2.46. The summed E-state index contributed by atoms with van der Waals surface area (Å²) in [6.07, 6.45) is -7.26. The standard InChI is InChI=1S/C7H7F5O4/c8-3-6(9,10)7(11,12)15-2-4-1-14-5(13)16-4/h4H,1-3H2. The Morgan fingerprint density at radius 1 is 1.38 bits per heavy atom. The van der Waals surface area contributed by atoms with Gasteiger partial charge in [-0.15, -0.1) is 0 Å². The molecule has 0 aliphatic carbocycles. The van der Waals surface area contributed by atoms with E-state index in [1.54, 1.807) is 0 Å². The topological polar surface area (TPSA) is 44.8 Å². The van der Waals surface area contributed by atoms with Crippen molar-refractivity contribution in [3.63, 3.8) is 0 Å². The zero-order valence-electron chi connectivity index (χ0n) is 7.72. The molecule has 1 aliphatic heterocycles. The van der Waals surface area contributed by atoms with Gasteiger partial charge in [-0.05, 0) is 0 Å². The van der Waals surface area contributed by atoms with Gasteiger partial charge in [0, 0.05) is 0 Å². The van der Waals surface area contributed by atoms with Crippen LogP contribution in [0.5, 0.6) is 0 Å². The van der Waals surface area contributed by atoms with E-state index in [0.29, 0.717) is 0 Å². The molecule has 16 heavy (non-hydrogen) atoms. The molecule has 0 aromatic carbocycles. The van der Waals surface area contributed by atoms with Crippen molar-refractivity contribution in [1.29, 1.82) is 0 Å². The molecular weight excluding hydrogens is 243 g/mol. The summed E-state index contributed by atoms with van der Waals surface area (Å²) in [5.41, 5.74) is 0. The Balaban J connectivity index is 2.44. The molecule has 0 N–H and O–H groups in total. The number of hydrogen-bond donors (Lipinski definition) is 0. The third kappa shape index (κ3) is 2.71. The molecule has 1 heterocycles. The van der Waals surface area contributed by atoms with E-state index in [-0.39, 0.29) is 6.61 Å². The van der Waals surface area contributed by atoms with Crippen molar-refractivity contribution < 1.29 is 41.0 Å².